The van der Waals surface area contributed by atoms with Crippen LogP contribution in [0.25, 0.3) is 27.8 Å². The summed E-state index contributed by atoms with van der Waals surface area (Å²) in [5, 5.41) is 8.90. The number of hydrogen-bond acceptors (Lipinski definition) is 4. The van der Waals surface area contributed by atoms with Crippen LogP contribution in [0.2, 0.25) is 0 Å². The molecule has 0 atom stereocenters. The maximum absolute atomic E-state index is 4.48. The van der Waals surface area contributed by atoms with Crippen molar-refractivity contribution < 1.29 is 0 Å². The first kappa shape index (κ1) is 17.1. The van der Waals surface area contributed by atoms with Gasteiger partial charge in [-0.25, -0.2) is 4.68 Å². The van der Waals surface area contributed by atoms with Gasteiger partial charge in [-0.3, -0.25) is 0 Å². The summed E-state index contributed by atoms with van der Waals surface area (Å²) in [5.41, 5.74) is 7.48. The predicted molar refractivity (Wildman–Crippen MR) is 113 cm³/mol. The van der Waals surface area contributed by atoms with Crippen LogP contribution in [0.5, 0.6) is 0 Å². The minimum Gasteiger partial charge on any atom is -0.378 e. The van der Waals surface area contributed by atoms with Gasteiger partial charge in [-0.05, 0) is 48.0 Å². The monoisotopic (exact) mass is 357 g/mol. The Kier molecular flexibility index (Phi) is 4.28. The molecule has 1 aromatic heterocycles. The number of nitrogens with zero attached hydrogens (tertiary/aromatic N) is 5. The van der Waals surface area contributed by atoms with Crippen molar-refractivity contribution in [1.82, 2.24) is 15.0 Å². The zero-order valence-corrected chi connectivity index (χ0v) is 16.1. The fraction of sp³-hybridized carbons (Fsp3) is 0.182. The zero-order chi connectivity index (χ0) is 19.0. The molecule has 0 amide bonds. The highest BCUT2D eigenvalue weighted by Gasteiger charge is 2.12. The van der Waals surface area contributed by atoms with Crippen molar-refractivity contribution in [2.45, 2.75) is 0 Å². The second-order valence-electron chi connectivity index (χ2n) is 7.03. The van der Waals surface area contributed by atoms with Crippen molar-refractivity contribution in [1.29, 1.82) is 0 Å². The molecule has 0 unspecified atom stereocenters. The summed E-state index contributed by atoms with van der Waals surface area (Å²) >= 11 is 0. The van der Waals surface area contributed by atoms with Crippen LogP contribution < -0.4 is 9.80 Å². The van der Waals surface area contributed by atoms with Gasteiger partial charge in [0.15, 0.2) is 0 Å². The van der Waals surface area contributed by atoms with E-state index in [1.54, 1.807) is 0 Å². The highest BCUT2D eigenvalue weighted by atomic mass is 15.4. The van der Waals surface area contributed by atoms with Gasteiger partial charge in [-0.15, -0.1) is 5.10 Å². The summed E-state index contributed by atoms with van der Waals surface area (Å²) in [5.74, 6) is 0. The Hall–Kier alpha value is -3.34. The lowest BCUT2D eigenvalue weighted by atomic mass is 10.0. The average Bonchev–Trinajstić information content (AvgIpc) is 3.12. The number of benzene rings is 3. The standard InChI is InChI=1S/C22H23N5/c1-25(2)17-10-8-16(9-11-17)20-6-5-7-21-22(20)23-24-27(21)19-14-12-18(13-15-19)26(3)4/h5-15H,1-4H3. The molecule has 0 saturated heterocycles. The Bertz CT molecular complexity index is 1060. The summed E-state index contributed by atoms with van der Waals surface area (Å²) in [7, 11) is 8.16. The van der Waals surface area contributed by atoms with Crippen LogP contribution in [-0.4, -0.2) is 43.2 Å². The summed E-state index contributed by atoms with van der Waals surface area (Å²) < 4.78 is 1.90. The van der Waals surface area contributed by atoms with Gasteiger partial charge >= 0.3 is 0 Å². The van der Waals surface area contributed by atoms with Crippen LogP contribution in [0, 0.1) is 0 Å². The largest absolute Gasteiger partial charge is 0.378 e. The molecule has 0 spiro atoms. The number of fused-ring (bicyclic) bond motifs is 1. The van der Waals surface area contributed by atoms with E-state index in [1.165, 1.54) is 5.69 Å². The molecule has 0 aliphatic carbocycles. The van der Waals surface area contributed by atoms with Gasteiger partial charge in [-0.2, -0.15) is 0 Å². The molecule has 0 aliphatic heterocycles. The first-order chi connectivity index (χ1) is 13.0. The summed E-state index contributed by atoms with van der Waals surface area (Å²) in [6.45, 7) is 0. The number of aromatic nitrogens is 3. The molecular formula is C22H23N5. The van der Waals surface area contributed by atoms with Gasteiger partial charge < -0.3 is 9.80 Å². The molecule has 0 N–H and O–H groups in total. The van der Waals surface area contributed by atoms with Crippen LogP contribution in [0.4, 0.5) is 11.4 Å². The summed E-state index contributed by atoms with van der Waals surface area (Å²) in [6, 6.07) is 23.1. The van der Waals surface area contributed by atoms with E-state index in [0.29, 0.717) is 0 Å². The van der Waals surface area contributed by atoms with Crippen molar-refractivity contribution in [3.63, 3.8) is 0 Å². The lowest BCUT2D eigenvalue weighted by molar-refractivity contribution is 0.824. The first-order valence-corrected chi connectivity index (χ1v) is 8.94. The molecule has 5 nitrogen and oxygen atoms in total. The molecule has 0 saturated carbocycles. The predicted octanol–water partition coefficient (Wildman–Crippen LogP) is 4.22. The molecular weight excluding hydrogens is 334 g/mol. The third-order valence-corrected chi connectivity index (χ3v) is 4.78. The molecule has 0 aliphatic rings. The molecule has 4 rings (SSSR count). The van der Waals surface area contributed by atoms with E-state index in [1.807, 2.05) is 32.9 Å². The van der Waals surface area contributed by atoms with Crippen LogP contribution in [0.3, 0.4) is 0 Å². The van der Waals surface area contributed by atoms with E-state index in [4.69, 9.17) is 0 Å². The van der Waals surface area contributed by atoms with E-state index in [0.717, 1.165) is 33.5 Å². The van der Waals surface area contributed by atoms with Crippen molar-refractivity contribution in [2.24, 2.45) is 0 Å². The van der Waals surface area contributed by atoms with Gasteiger partial charge in [-0.1, -0.05) is 29.5 Å². The Morgan fingerprint density at radius 3 is 1.89 bits per heavy atom. The molecule has 0 radical (unpaired) electrons. The van der Waals surface area contributed by atoms with Crippen molar-refractivity contribution >= 4 is 22.4 Å². The van der Waals surface area contributed by atoms with E-state index in [9.17, 15) is 0 Å². The number of anilines is 2. The third-order valence-electron chi connectivity index (χ3n) is 4.78. The van der Waals surface area contributed by atoms with E-state index in [2.05, 4.69) is 86.8 Å². The van der Waals surface area contributed by atoms with Crippen LogP contribution >= 0.6 is 0 Å². The van der Waals surface area contributed by atoms with Crippen molar-refractivity contribution in [3.05, 3.63) is 66.7 Å². The molecule has 1 heterocycles. The Morgan fingerprint density at radius 2 is 1.30 bits per heavy atom. The first-order valence-electron chi connectivity index (χ1n) is 8.94. The molecule has 136 valence electrons. The topological polar surface area (TPSA) is 37.2 Å². The molecule has 5 heteroatoms. The molecule has 0 bridgehead atoms. The third kappa shape index (κ3) is 3.12. The van der Waals surface area contributed by atoms with Gasteiger partial charge in [0.05, 0.1) is 11.2 Å². The lowest BCUT2D eigenvalue weighted by Crippen LogP contribution is -2.08. The summed E-state index contributed by atoms with van der Waals surface area (Å²) in [4.78, 5) is 4.18. The quantitative estimate of drug-likeness (QED) is 0.548. The Labute approximate surface area is 159 Å². The molecule has 4 aromatic rings. The zero-order valence-electron chi connectivity index (χ0n) is 16.1. The summed E-state index contributed by atoms with van der Waals surface area (Å²) in [6.07, 6.45) is 0. The molecule has 3 aromatic carbocycles. The average molecular weight is 357 g/mol. The molecule has 27 heavy (non-hydrogen) atoms. The molecule has 0 fully saturated rings. The van der Waals surface area contributed by atoms with Crippen molar-refractivity contribution in [2.75, 3.05) is 38.0 Å². The van der Waals surface area contributed by atoms with Gasteiger partial charge in [0.25, 0.3) is 0 Å². The Balaban J connectivity index is 1.77. The smallest absolute Gasteiger partial charge is 0.121 e. The second-order valence-corrected chi connectivity index (χ2v) is 7.03. The maximum atomic E-state index is 4.48. The number of rotatable bonds is 4. The van der Waals surface area contributed by atoms with Crippen molar-refractivity contribution in [3.8, 4) is 16.8 Å². The minimum atomic E-state index is 0.909. The lowest BCUT2D eigenvalue weighted by Gasteiger charge is -2.13. The highest BCUT2D eigenvalue weighted by Crippen LogP contribution is 2.29. The van der Waals surface area contributed by atoms with Crippen LogP contribution in [0.1, 0.15) is 0 Å². The minimum absolute atomic E-state index is 0.909. The highest BCUT2D eigenvalue weighted by molar-refractivity contribution is 5.92. The Morgan fingerprint density at radius 1 is 0.704 bits per heavy atom. The normalized spacial score (nSPS) is 11.0. The fourth-order valence-electron chi connectivity index (χ4n) is 3.20. The SMILES string of the molecule is CN(C)c1ccc(-c2cccc3c2nnn3-c2ccc(N(C)C)cc2)cc1. The van der Waals surface area contributed by atoms with E-state index >= 15 is 0 Å². The van der Waals surface area contributed by atoms with Gasteiger partial charge in [0, 0.05) is 45.1 Å². The van der Waals surface area contributed by atoms with E-state index < -0.39 is 0 Å². The van der Waals surface area contributed by atoms with E-state index in [-0.39, 0.29) is 0 Å². The van der Waals surface area contributed by atoms with Gasteiger partial charge in [0.2, 0.25) is 0 Å². The second kappa shape index (κ2) is 6.76. The van der Waals surface area contributed by atoms with Gasteiger partial charge in [0.1, 0.15) is 5.52 Å². The van der Waals surface area contributed by atoms with Crippen LogP contribution in [0.15, 0.2) is 66.7 Å². The fourth-order valence-corrected chi connectivity index (χ4v) is 3.20. The van der Waals surface area contributed by atoms with Crippen LogP contribution in [-0.2, 0) is 0 Å². The number of hydrogen-bond donors (Lipinski definition) is 0. The maximum Gasteiger partial charge on any atom is 0.121 e.